The average Bonchev–Trinajstić information content (AvgIpc) is 2.56. The van der Waals surface area contributed by atoms with Crippen LogP contribution < -0.4 is 0 Å². The fraction of sp³-hybridized carbons (Fsp3) is 0.133. The van der Waals surface area contributed by atoms with Crippen molar-refractivity contribution < 1.29 is 0 Å². The van der Waals surface area contributed by atoms with Crippen LogP contribution in [0.2, 0.25) is 0 Å². The van der Waals surface area contributed by atoms with E-state index in [1.807, 2.05) is 50.4 Å². The van der Waals surface area contributed by atoms with Gasteiger partial charge in [0.25, 0.3) is 0 Å². The quantitative estimate of drug-likeness (QED) is 0.506. The number of rotatable bonds is 4. The summed E-state index contributed by atoms with van der Waals surface area (Å²) in [6.45, 7) is 5.73. The lowest BCUT2D eigenvalue weighted by Crippen LogP contribution is -2.14. The van der Waals surface area contributed by atoms with Gasteiger partial charge in [-0.25, -0.2) is 0 Å². The number of allylic oxidation sites excluding steroid dienone is 8. The maximum absolute atomic E-state index is 3.73. The first kappa shape index (κ1) is 12.1. The van der Waals surface area contributed by atoms with Crippen LogP contribution in [-0.2, 0) is 0 Å². The topological polar surface area (TPSA) is 3.24 Å². The highest BCUT2D eigenvalue weighted by atomic mass is 15.1. The zero-order valence-electron chi connectivity index (χ0n) is 9.85. The SMILES string of the molecule is C=CC=C(C=CC)N(C)C1=CC=CC=C=C1. The highest BCUT2D eigenvalue weighted by molar-refractivity contribution is 5.34. The van der Waals surface area contributed by atoms with Crippen LogP contribution in [-0.4, -0.2) is 11.9 Å². The minimum absolute atomic E-state index is 1.09. The van der Waals surface area contributed by atoms with Crippen LogP contribution in [0.1, 0.15) is 6.92 Å². The highest BCUT2D eigenvalue weighted by Crippen LogP contribution is 2.14. The molecule has 0 aromatic heterocycles. The number of hydrogen-bond acceptors (Lipinski definition) is 1. The number of nitrogens with zero attached hydrogens (tertiary/aromatic N) is 1. The molecule has 82 valence electrons. The standard InChI is InChI=1S/C15H17N/c1-4-10-14(11-5-2)16(3)15-12-8-6-7-9-13-15/h4-8,10-13H,1H2,2-3H3. The van der Waals surface area contributed by atoms with Crippen molar-refractivity contribution in [1.29, 1.82) is 0 Å². The monoisotopic (exact) mass is 211 g/mol. The lowest BCUT2D eigenvalue weighted by Gasteiger charge is -2.20. The van der Waals surface area contributed by atoms with Crippen molar-refractivity contribution in [1.82, 2.24) is 4.90 Å². The van der Waals surface area contributed by atoms with Gasteiger partial charge in [0.2, 0.25) is 0 Å². The second-order valence-electron chi connectivity index (χ2n) is 3.34. The average molecular weight is 211 g/mol. The van der Waals surface area contributed by atoms with Crippen molar-refractivity contribution >= 4 is 0 Å². The van der Waals surface area contributed by atoms with Crippen LogP contribution in [0.15, 0.2) is 78.4 Å². The molecule has 1 rings (SSSR count). The first-order chi connectivity index (χ1) is 7.79. The molecule has 0 N–H and O–H groups in total. The summed E-state index contributed by atoms with van der Waals surface area (Å²) in [5.74, 6) is 0. The van der Waals surface area contributed by atoms with E-state index in [-0.39, 0.29) is 0 Å². The van der Waals surface area contributed by atoms with Crippen LogP contribution in [0.25, 0.3) is 0 Å². The highest BCUT2D eigenvalue weighted by Gasteiger charge is 2.03. The zero-order valence-corrected chi connectivity index (χ0v) is 9.85. The molecule has 1 nitrogen and oxygen atoms in total. The molecule has 0 aromatic rings. The minimum Gasteiger partial charge on any atom is -0.344 e. The molecular formula is C15H17N. The second kappa shape index (κ2) is 6.49. The molecule has 0 aromatic carbocycles. The third kappa shape index (κ3) is 3.30. The number of likely N-dealkylation sites (N-methyl/N-ethyl adjacent to an activating group) is 1. The summed E-state index contributed by atoms with van der Waals surface area (Å²) in [6.07, 6.45) is 17.7. The molecule has 1 aliphatic carbocycles. The Morgan fingerprint density at radius 2 is 2.25 bits per heavy atom. The van der Waals surface area contributed by atoms with Gasteiger partial charge in [-0.1, -0.05) is 30.9 Å². The molecule has 16 heavy (non-hydrogen) atoms. The third-order valence-electron chi connectivity index (χ3n) is 2.20. The predicted octanol–water partition coefficient (Wildman–Crippen LogP) is 3.73. The van der Waals surface area contributed by atoms with Crippen molar-refractivity contribution in [3.8, 4) is 0 Å². The number of hydrogen-bond donors (Lipinski definition) is 0. The van der Waals surface area contributed by atoms with E-state index in [2.05, 4.69) is 29.4 Å². The van der Waals surface area contributed by atoms with Gasteiger partial charge in [0.1, 0.15) is 0 Å². The van der Waals surface area contributed by atoms with Crippen molar-refractivity contribution in [2.24, 2.45) is 0 Å². The summed E-state index contributed by atoms with van der Waals surface area (Å²) in [6, 6.07) is 0. The van der Waals surface area contributed by atoms with Crippen molar-refractivity contribution in [2.45, 2.75) is 6.92 Å². The van der Waals surface area contributed by atoms with Gasteiger partial charge in [0.15, 0.2) is 0 Å². The van der Waals surface area contributed by atoms with E-state index in [0.29, 0.717) is 0 Å². The van der Waals surface area contributed by atoms with Crippen LogP contribution in [0.3, 0.4) is 0 Å². The Bertz CT molecular complexity index is 424. The molecule has 0 spiro atoms. The smallest absolute Gasteiger partial charge is 0.0486 e. The first-order valence-electron chi connectivity index (χ1n) is 5.28. The summed E-state index contributed by atoms with van der Waals surface area (Å²) in [7, 11) is 2.03. The van der Waals surface area contributed by atoms with Crippen molar-refractivity contribution in [3.63, 3.8) is 0 Å². The van der Waals surface area contributed by atoms with Crippen molar-refractivity contribution in [3.05, 3.63) is 78.4 Å². The van der Waals surface area contributed by atoms with E-state index >= 15 is 0 Å². The molecule has 1 heteroatoms. The summed E-state index contributed by atoms with van der Waals surface area (Å²) < 4.78 is 0. The van der Waals surface area contributed by atoms with Gasteiger partial charge in [-0.2, -0.15) is 0 Å². The maximum atomic E-state index is 3.73. The lowest BCUT2D eigenvalue weighted by atomic mass is 10.2. The van der Waals surface area contributed by atoms with E-state index < -0.39 is 0 Å². The van der Waals surface area contributed by atoms with Gasteiger partial charge in [-0.15, -0.1) is 5.73 Å². The lowest BCUT2D eigenvalue weighted by molar-refractivity contribution is 0.554. The molecule has 0 fully saturated rings. The Morgan fingerprint density at radius 1 is 1.44 bits per heavy atom. The molecule has 0 saturated heterocycles. The molecule has 0 amide bonds. The maximum Gasteiger partial charge on any atom is 0.0486 e. The first-order valence-corrected chi connectivity index (χ1v) is 5.28. The molecule has 0 saturated carbocycles. The molecule has 0 atom stereocenters. The minimum atomic E-state index is 1.09. The van der Waals surface area contributed by atoms with E-state index in [0.717, 1.165) is 11.4 Å². The molecule has 0 bridgehead atoms. The van der Waals surface area contributed by atoms with E-state index in [1.54, 1.807) is 6.08 Å². The van der Waals surface area contributed by atoms with Gasteiger partial charge >= 0.3 is 0 Å². The molecule has 0 aliphatic heterocycles. The Kier molecular flexibility index (Phi) is 4.91. The van der Waals surface area contributed by atoms with E-state index in [1.165, 1.54) is 0 Å². The summed E-state index contributed by atoms with van der Waals surface area (Å²) in [5, 5.41) is 0. The molecule has 1 aliphatic rings. The van der Waals surface area contributed by atoms with Gasteiger partial charge in [-0.3, -0.25) is 0 Å². The summed E-state index contributed by atoms with van der Waals surface area (Å²) in [4.78, 5) is 2.10. The predicted molar refractivity (Wildman–Crippen MR) is 70.7 cm³/mol. The fourth-order valence-electron chi connectivity index (χ4n) is 1.38. The molecule has 0 heterocycles. The van der Waals surface area contributed by atoms with E-state index in [4.69, 9.17) is 0 Å². The van der Waals surface area contributed by atoms with Crippen molar-refractivity contribution in [2.75, 3.05) is 7.05 Å². The van der Waals surface area contributed by atoms with E-state index in [9.17, 15) is 0 Å². The fourth-order valence-corrected chi connectivity index (χ4v) is 1.38. The van der Waals surface area contributed by atoms with Crippen LogP contribution >= 0.6 is 0 Å². The van der Waals surface area contributed by atoms with Gasteiger partial charge in [0.05, 0.1) is 0 Å². The third-order valence-corrected chi connectivity index (χ3v) is 2.20. The van der Waals surface area contributed by atoms with Gasteiger partial charge in [0, 0.05) is 24.5 Å². The van der Waals surface area contributed by atoms with Crippen LogP contribution in [0.4, 0.5) is 0 Å². The Labute approximate surface area is 97.8 Å². The molecular weight excluding hydrogens is 194 g/mol. The summed E-state index contributed by atoms with van der Waals surface area (Å²) >= 11 is 0. The normalized spacial score (nSPS) is 15.1. The van der Waals surface area contributed by atoms with Gasteiger partial charge in [-0.05, 0) is 31.2 Å². The Morgan fingerprint density at radius 3 is 2.94 bits per heavy atom. The van der Waals surface area contributed by atoms with Gasteiger partial charge < -0.3 is 4.90 Å². The second-order valence-corrected chi connectivity index (χ2v) is 3.34. The molecule has 0 radical (unpaired) electrons. The summed E-state index contributed by atoms with van der Waals surface area (Å²) in [5.41, 5.74) is 5.28. The molecule has 0 unspecified atom stereocenters. The van der Waals surface area contributed by atoms with Crippen LogP contribution in [0.5, 0.6) is 0 Å². The van der Waals surface area contributed by atoms with Crippen LogP contribution in [0, 0.1) is 0 Å². The largest absolute Gasteiger partial charge is 0.344 e. The Balaban J connectivity index is 2.99. The zero-order chi connectivity index (χ0) is 11.8. The Hall–Kier alpha value is -1.98.